The molecule has 0 aliphatic heterocycles. The van der Waals surface area contributed by atoms with Crippen LogP contribution in [0.15, 0.2) is 24.3 Å². The Balaban J connectivity index is 2.45. The highest BCUT2D eigenvalue weighted by molar-refractivity contribution is 7.21. The Morgan fingerprint density at radius 1 is 1.12 bits per heavy atom. The maximum atomic E-state index is 14.8. The minimum absolute atomic E-state index is 0.0255. The van der Waals surface area contributed by atoms with Crippen molar-refractivity contribution in [2.45, 2.75) is 0 Å². The Kier molecular flexibility index (Phi) is 4.62. The smallest absolute Gasteiger partial charge is 0.348 e. The van der Waals surface area contributed by atoms with Crippen molar-refractivity contribution < 1.29 is 27.4 Å². The average molecular weight is 387 g/mol. The lowest BCUT2D eigenvalue weighted by Crippen LogP contribution is -2.02. The minimum Gasteiger partial charge on any atom is -0.491 e. The van der Waals surface area contributed by atoms with Gasteiger partial charge in [0.1, 0.15) is 10.7 Å². The molecule has 3 aromatic rings. The van der Waals surface area contributed by atoms with Crippen molar-refractivity contribution in [2.75, 3.05) is 14.2 Å². The second-order valence-electron chi connectivity index (χ2n) is 5.00. The zero-order valence-electron chi connectivity index (χ0n) is 13.0. The summed E-state index contributed by atoms with van der Waals surface area (Å²) in [6.45, 7) is 0. The van der Waals surface area contributed by atoms with E-state index >= 15 is 0 Å². The number of fused-ring (bicyclic) bond motifs is 1. The van der Waals surface area contributed by atoms with E-state index in [-0.39, 0.29) is 21.0 Å². The number of hydrogen-bond donors (Lipinski definition) is 0. The number of esters is 1. The largest absolute Gasteiger partial charge is 0.491 e. The summed E-state index contributed by atoms with van der Waals surface area (Å²) in [5.41, 5.74) is -0.106. The van der Waals surface area contributed by atoms with E-state index in [0.29, 0.717) is 10.1 Å². The Morgan fingerprint density at radius 2 is 1.84 bits per heavy atom. The van der Waals surface area contributed by atoms with E-state index in [9.17, 15) is 18.0 Å². The first kappa shape index (κ1) is 17.6. The fourth-order valence-electron chi connectivity index (χ4n) is 2.54. The van der Waals surface area contributed by atoms with Crippen LogP contribution < -0.4 is 4.74 Å². The van der Waals surface area contributed by atoms with Crippen molar-refractivity contribution >= 4 is 39.0 Å². The predicted octanol–water partition coefficient (Wildman–Crippen LogP) is 5.43. The van der Waals surface area contributed by atoms with Gasteiger partial charge in [-0.3, -0.25) is 0 Å². The van der Waals surface area contributed by atoms with E-state index < -0.39 is 29.2 Å². The molecular formula is C17H10ClF3O3S. The van der Waals surface area contributed by atoms with E-state index in [4.69, 9.17) is 21.1 Å². The van der Waals surface area contributed by atoms with E-state index in [1.54, 1.807) is 0 Å². The van der Waals surface area contributed by atoms with Gasteiger partial charge in [-0.15, -0.1) is 11.3 Å². The van der Waals surface area contributed by atoms with E-state index in [1.165, 1.54) is 25.3 Å². The summed E-state index contributed by atoms with van der Waals surface area (Å²) < 4.78 is 52.1. The molecule has 0 saturated carbocycles. The third kappa shape index (κ3) is 2.83. The topological polar surface area (TPSA) is 35.5 Å². The summed E-state index contributed by atoms with van der Waals surface area (Å²) in [5, 5.41) is 0.145. The van der Waals surface area contributed by atoms with Gasteiger partial charge in [0, 0.05) is 21.2 Å². The molecule has 0 radical (unpaired) electrons. The Hall–Kier alpha value is -2.25. The second-order valence-corrected chi connectivity index (χ2v) is 6.46. The maximum absolute atomic E-state index is 14.8. The molecule has 25 heavy (non-hydrogen) atoms. The van der Waals surface area contributed by atoms with Crippen molar-refractivity contribution in [1.29, 1.82) is 0 Å². The molecule has 0 amide bonds. The van der Waals surface area contributed by atoms with Gasteiger partial charge in [-0.25, -0.2) is 18.0 Å². The number of thiophene rings is 1. The zero-order chi connectivity index (χ0) is 18.3. The molecule has 8 heteroatoms. The first-order chi connectivity index (χ1) is 11.9. The van der Waals surface area contributed by atoms with Gasteiger partial charge in [-0.05, 0) is 24.3 Å². The molecule has 3 rings (SSSR count). The lowest BCUT2D eigenvalue weighted by Gasteiger charge is -2.12. The van der Waals surface area contributed by atoms with E-state index in [0.717, 1.165) is 24.5 Å². The molecule has 130 valence electrons. The zero-order valence-corrected chi connectivity index (χ0v) is 14.5. The van der Waals surface area contributed by atoms with Crippen LogP contribution in [0.2, 0.25) is 5.02 Å². The number of ether oxygens (including phenoxy) is 2. The molecule has 0 aliphatic rings. The molecule has 0 unspecified atom stereocenters. The molecule has 1 aromatic heterocycles. The molecule has 0 N–H and O–H groups in total. The van der Waals surface area contributed by atoms with Crippen molar-refractivity contribution in [1.82, 2.24) is 0 Å². The number of carbonyl (C=O) groups excluding carboxylic acids is 1. The molecule has 2 aromatic carbocycles. The normalized spacial score (nSPS) is 11.0. The first-order valence-electron chi connectivity index (χ1n) is 6.91. The quantitative estimate of drug-likeness (QED) is 0.563. The van der Waals surface area contributed by atoms with Crippen molar-refractivity contribution in [3.63, 3.8) is 0 Å². The van der Waals surface area contributed by atoms with Gasteiger partial charge >= 0.3 is 5.97 Å². The van der Waals surface area contributed by atoms with Crippen LogP contribution in [0.25, 0.3) is 21.2 Å². The summed E-state index contributed by atoms with van der Waals surface area (Å²) in [5.74, 6) is -3.91. The van der Waals surface area contributed by atoms with Crippen LogP contribution in [-0.2, 0) is 4.74 Å². The summed E-state index contributed by atoms with van der Waals surface area (Å²) in [7, 11) is 2.28. The summed E-state index contributed by atoms with van der Waals surface area (Å²) in [6, 6.07) is 4.68. The van der Waals surface area contributed by atoms with Gasteiger partial charge in [-0.2, -0.15) is 0 Å². The van der Waals surface area contributed by atoms with Crippen molar-refractivity contribution in [2.24, 2.45) is 0 Å². The van der Waals surface area contributed by atoms with Crippen molar-refractivity contribution in [3.05, 3.63) is 51.6 Å². The number of halogens is 4. The van der Waals surface area contributed by atoms with Crippen LogP contribution in [0, 0.1) is 17.5 Å². The Morgan fingerprint density at radius 3 is 2.48 bits per heavy atom. The first-order valence-corrected chi connectivity index (χ1v) is 8.10. The van der Waals surface area contributed by atoms with Crippen molar-refractivity contribution in [3.8, 4) is 16.9 Å². The highest BCUT2D eigenvalue weighted by Crippen LogP contribution is 2.45. The molecule has 0 atom stereocenters. The molecule has 0 fully saturated rings. The van der Waals surface area contributed by atoms with Gasteiger partial charge < -0.3 is 9.47 Å². The summed E-state index contributed by atoms with van der Waals surface area (Å²) in [4.78, 5) is 12.2. The number of methoxy groups -OCH3 is 2. The Labute approximate surface area is 149 Å². The van der Waals surface area contributed by atoms with Crippen LogP contribution in [-0.4, -0.2) is 20.2 Å². The molecule has 1 heterocycles. The fourth-order valence-corrected chi connectivity index (χ4v) is 3.97. The molecular weight excluding hydrogens is 377 g/mol. The molecule has 3 nitrogen and oxygen atoms in total. The molecule has 0 spiro atoms. The third-order valence-electron chi connectivity index (χ3n) is 3.61. The number of hydrogen-bond acceptors (Lipinski definition) is 4. The third-order valence-corrected chi connectivity index (χ3v) is 5.04. The second kappa shape index (κ2) is 6.57. The van der Waals surface area contributed by atoms with E-state index in [1.807, 2.05) is 0 Å². The van der Waals surface area contributed by atoms with Gasteiger partial charge in [0.15, 0.2) is 17.4 Å². The Bertz CT molecular complexity index is 1000. The average Bonchev–Trinajstić information content (AvgIpc) is 2.92. The van der Waals surface area contributed by atoms with Crippen LogP contribution in [0.1, 0.15) is 9.67 Å². The SMILES string of the molecule is COC(=O)c1sc2cc(F)ccc2c1-c1c(Cl)cc(F)c(OC)c1F. The number of carbonyl (C=O) groups is 1. The lowest BCUT2D eigenvalue weighted by atomic mass is 10.0. The number of rotatable bonds is 3. The fraction of sp³-hybridized carbons (Fsp3) is 0.118. The number of benzene rings is 2. The van der Waals surface area contributed by atoms with Crippen LogP contribution in [0.4, 0.5) is 13.2 Å². The molecule has 0 saturated heterocycles. The van der Waals surface area contributed by atoms with E-state index in [2.05, 4.69) is 0 Å². The maximum Gasteiger partial charge on any atom is 0.348 e. The van der Waals surface area contributed by atoms with Gasteiger partial charge in [0.05, 0.1) is 19.2 Å². The summed E-state index contributed by atoms with van der Waals surface area (Å²) >= 11 is 6.98. The standard InChI is InChI=1S/C17H10ClF3O3S/c1-23-15-10(20)6-9(18)13(14(15)21)12-8-4-3-7(19)5-11(8)25-16(12)17(22)24-2/h3-6H,1-2H3. The van der Waals surface area contributed by atoms with Gasteiger partial charge in [0.2, 0.25) is 0 Å². The predicted molar refractivity (Wildman–Crippen MR) is 90.0 cm³/mol. The van der Waals surface area contributed by atoms with Crippen LogP contribution >= 0.6 is 22.9 Å². The highest BCUT2D eigenvalue weighted by Gasteiger charge is 2.28. The molecule has 0 bridgehead atoms. The van der Waals surface area contributed by atoms with Crippen LogP contribution in [0.3, 0.4) is 0 Å². The van der Waals surface area contributed by atoms with Gasteiger partial charge in [-0.1, -0.05) is 11.6 Å². The summed E-state index contributed by atoms with van der Waals surface area (Å²) in [6.07, 6.45) is 0. The lowest BCUT2D eigenvalue weighted by molar-refractivity contribution is 0.0607. The molecule has 0 aliphatic carbocycles. The van der Waals surface area contributed by atoms with Crippen LogP contribution in [0.5, 0.6) is 5.75 Å². The highest BCUT2D eigenvalue weighted by atomic mass is 35.5. The van der Waals surface area contributed by atoms with Gasteiger partial charge in [0.25, 0.3) is 0 Å². The minimum atomic E-state index is -1.05. The monoisotopic (exact) mass is 386 g/mol.